The second-order valence-corrected chi connectivity index (χ2v) is 24.1. The molecule has 7 aromatic carbocycles. The van der Waals surface area contributed by atoms with Crippen molar-refractivity contribution in [3.63, 3.8) is 0 Å². The number of amides is 3. The van der Waals surface area contributed by atoms with Crippen LogP contribution in [0.3, 0.4) is 0 Å². The highest BCUT2D eigenvalue weighted by atomic mass is 16.6. The summed E-state index contributed by atoms with van der Waals surface area (Å²) in [5, 5.41) is 25.0. The zero-order chi connectivity index (χ0) is 65.4. The number of nitrogens with zero attached hydrogens (tertiary/aromatic N) is 2. The first-order valence-electron chi connectivity index (χ1n) is 30.7. The number of alkyl carbamates (subject to hydrolysis) is 1. The van der Waals surface area contributed by atoms with Gasteiger partial charge in [-0.1, -0.05) is 183 Å². The van der Waals surface area contributed by atoms with Gasteiger partial charge in [-0.05, 0) is 134 Å². The number of esters is 3. The maximum absolute atomic E-state index is 14.6. The van der Waals surface area contributed by atoms with Crippen molar-refractivity contribution in [1.29, 1.82) is 0 Å². The third-order valence-electron chi connectivity index (χ3n) is 16.3. The molecule has 2 saturated heterocycles. The lowest BCUT2D eigenvalue weighted by Crippen LogP contribution is -2.58. The first-order chi connectivity index (χ1) is 44.2. The van der Waals surface area contributed by atoms with Gasteiger partial charge >= 0.3 is 24.0 Å². The third-order valence-corrected chi connectivity index (χ3v) is 16.3. The molecule has 17 heteroatoms. The second-order valence-electron chi connectivity index (χ2n) is 24.1. The molecule has 6 N–H and O–H groups in total. The van der Waals surface area contributed by atoms with Gasteiger partial charge < -0.3 is 50.4 Å². The van der Waals surface area contributed by atoms with Crippen LogP contribution < -0.4 is 16.4 Å². The Hall–Kier alpha value is -10.4. The van der Waals surface area contributed by atoms with E-state index >= 15 is 0 Å². The Balaban J connectivity index is 0.000000383. The Morgan fingerprint density at radius 2 is 1.16 bits per heavy atom. The van der Waals surface area contributed by atoms with Crippen LogP contribution in [0.2, 0.25) is 0 Å². The predicted octanol–water partition coefficient (Wildman–Crippen LogP) is 12.7. The SMILES string of the molecule is CC(C)(OC(=O)CCCN)c1ccc(-c2ccccc2)cc1.CC(C)(OC(=O)CCCNC(=O)c1ccnc(/C=C2/C(=O)N3C2C[C@@](C)(COC(=O)NCc2ccc(O)c(O)c2)[C@@H]3C(=O)OC(c2ccccc2)c2ccccc2)c1)c1ccc(-c2ccccc2)cc1. The maximum Gasteiger partial charge on any atom is 0.407 e. The van der Waals surface area contributed by atoms with Gasteiger partial charge in [0.1, 0.15) is 23.9 Å². The molecular weight excluding hydrogens is 1160 g/mol. The zero-order valence-electron chi connectivity index (χ0n) is 52.3. The molecule has 2 aliphatic rings. The van der Waals surface area contributed by atoms with Gasteiger partial charge in [0, 0.05) is 48.7 Å². The highest BCUT2D eigenvalue weighted by molar-refractivity contribution is 6.08. The molecule has 0 bridgehead atoms. The Kier molecular flexibility index (Phi) is 21.5. The molecule has 8 aromatic rings. The van der Waals surface area contributed by atoms with Crippen molar-refractivity contribution < 1.29 is 57.9 Å². The molecule has 0 spiro atoms. The van der Waals surface area contributed by atoms with Gasteiger partial charge in [0.25, 0.3) is 11.8 Å². The van der Waals surface area contributed by atoms with Crippen LogP contribution in [0.25, 0.3) is 28.3 Å². The predicted molar refractivity (Wildman–Crippen MR) is 350 cm³/mol. The number of nitrogens with one attached hydrogen (secondary N) is 2. The average Bonchev–Trinajstić information content (AvgIpc) is 1.54. The summed E-state index contributed by atoms with van der Waals surface area (Å²) in [6, 6.07) is 60.3. The Bertz CT molecular complexity index is 3840. The van der Waals surface area contributed by atoms with E-state index in [0.29, 0.717) is 48.2 Å². The van der Waals surface area contributed by atoms with Crippen LogP contribution in [0.15, 0.2) is 212 Å². The first kappa shape index (κ1) is 66.0. The normalized spacial score (nSPS) is 16.3. The van der Waals surface area contributed by atoms with Crippen molar-refractivity contribution >= 4 is 41.9 Å². The Morgan fingerprint density at radius 3 is 1.68 bits per heavy atom. The number of rotatable bonds is 23. The summed E-state index contributed by atoms with van der Waals surface area (Å²) >= 11 is 0. The number of carbonyl (C=O) groups is 6. The third kappa shape index (κ3) is 16.7. The quantitative estimate of drug-likeness (QED) is 0.00999. The van der Waals surface area contributed by atoms with Gasteiger partial charge in [0.05, 0.1) is 11.7 Å². The van der Waals surface area contributed by atoms with Crippen LogP contribution in [0.4, 0.5) is 4.79 Å². The summed E-state index contributed by atoms with van der Waals surface area (Å²) in [6.45, 7) is 9.69. The van der Waals surface area contributed by atoms with E-state index in [2.05, 4.69) is 39.9 Å². The molecule has 3 atom stereocenters. The molecule has 10 rings (SSSR count). The fourth-order valence-electron chi connectivity index (χ4n) is 11.3. The number of hydrogen-bond acceptors (Lipinski definition) is 14. The Morgan fingerprint density at radius 1 is 0.652 bits per heavy atom. The summed E-state index contributed by atoms with van der Waals surface area (Å²) in [6.07, 6.45) is 3.14. The number of benzene rings is 7. The maximum atomic E-state index is 14.6. The number of fused-ring (bicyclic) bond motifs is 1. The van der Waals surface area contributed by atoms with Crippen LogP contribution in [0, 0.1) is 5.41 Å². The minimum absolute atomic E-state index is 0.0196. The van der Waals surface area contributed by atoms with Crippen LogP contribution in [0.5, 0.6) is 11.5 Å². The number of nitrogens with two attached hydrogens (primary N) is 1. The molecule has 474 valence electrons. The lowest BCUT2D eigenvalue weighted by molar-refractivity contribution is -0.163. The topological polar surface area (TPSA) is 246 Å². The van der Waals surface area contributed by atoms with Crippen molar-refractivity contribution in [2.24, 2.45) is 11.1 Å². The number of phenols is 2. The van der Waals surface area contributed by atoms with Gasteiger partial charge in [0.15, 0.2) is 17.6 Å². The molecule has 1 aromatic heterocycles. The largest absolute Gasteiger partial charge is 0.504 e. The number of phenolic OH excluding ortho intramolecular Hbond substituents is 2. The van der Waals surface area contributed by atoms with E-state index in [1.54, 1.807) is 25.1 Å². The lowest BCUT2D eigenvalue weighted by Gasteiger charge is -2.41. The molecule has 2 fully saturated rings. The fourth-order valence-corrected chi connectivity index (χ4v) is 11.3. The van der Waals surface area contributed by atoms with Gasteiger partial charge in [-0.3, -0.25) is 24.2 Å². The second kappa shape index (κ2) is 29.9. The van der Waals surface area contributed by atoms with Crippen LogP contribution in [0.1, 0.15) is 117 Å². The van der Waals surface area contributed by atoms with Crippen LogP contribution in [-0.4, -0.2) is 87.7 Å². The molecule has 2 aliphatic heterocycles. The van der Waals surface area contributed by atoms with Gasteiger partial charge in [-0.2, -0.15) is 0 Å². The van der Waals surface area contributed by atoms with Gasteiger partial charge in [-0.25, -0.2) is 9.59 Å². The van der Waals surface area contributed by atoms with Crippen molar-refractivity contribution in [1.82, 2.24) is 20.5 Å². The van der Waals surface area contributed by atoms with E-state index in [-0.39, 0.29) is 50.0 Å². The highest BCUT2D eigenvalue weighted by Crippen LogP contribution is 2.51. The summed E-state index contributed by atoms with van der Waals surface area (Å²) < 4.78 is 23.4. The highest BCUT2D eigenvalue weighted by Gasteiger charge is 2.63. The standard InChI is InChI=1S/C56H54N4O10.C19H23NO2/c1-55(2,42-24-22-38(23-25-42)37-14-7-4-8-15-37)70-48(63)20-13-28-58-51(64)41-27-29-57-43(31-41)32-44-45-33-56(3,35-68-54(67)59-34-36-21-26-46(61)47(62)30-36)50(60(45)52(44)65)53(66)69-49(39-16-9-5-10-17-39)40-18-11-6-12-19-40;1-19(2,22-18(21)9-6-14-20)17-12-10-16(11-13-17)15-7-4-3-5-8-15/h4-12,14-19,21-27,29-32,45,49-50,61-62H,13,20,28,33-35H2,1-3H3,(H,58,64)(H,59,67);3-5,7-8,10-13H,6,9,14,20H2,1-2H3/b44-32+;/t45?,50-,56-;/m0./s1. The number of hydrogen-bond donors (Lipinski definition) is 5. The molecular formula is C75H77N5O12. The minimum atomic E-state index is -1.15. The number of aromatic nitrogens is 1. The lowest BCUT2D eigenvalue weighted by atomic mass is 9.81. The van der Waals surface area contributed by atoms with E-state index < -0.39 is 64.7 Å². The van der Waals surface area contributed by atoms with E-state index in [0.717, 1.165) is 38.9 Å². The monoisotopic (exact) mass is 1240 g/mol. The molecule has 3 heterocycles. The van der Waals surface area contributed by atoms with Crippen molar-refractivity contribution in [3.05, 3.63) is 251 Å². The van der Waals surface area contributed by atoms with Gasteiger partial charge in [0.2, 0.25) is 0 Å². The molecule has 1 unspecified atom stereocenters. The van der Waals surface area contributed by atoms with E-state index in [1.165, 1.54) is 34.9 Å². The molecule has 3 amide bonds. The number of ether oxygens (including phenoxy) is 4. The van der Waals surface area contributed by atoms with Crippen LogP contribution >= 0.6 is 0 Å². The van der Waals surface area contributed by atoms with E-state index in [4.69, 9.17) is 24.7 Å². The van der Waals surface area contributed by atoms with Crippen LogP contribution in [-0.2, 0) is 55.9 Å². The minimum Gasteiger partial charge on any atom is -0.504 e. The first-order valence-corrected chi connectivity index (χ1v) is 30.7. The summed E-state index contributed by atoms with van der Waals surface area (Å²) in [4.78, 5) is 85.7. The number of carbonyl (C=O) groups excluding carboxylic acids is 6. The smallest absolute Gasteiger partial charge is 0.407 e. The van der Waals surface area contributed by atoms with Crippen molar-refractivity contribution in [2.45, 2.75) is 103 Å². The van der Waals surface area contributed by atoms with E-state index in [1.807, 2.05) is 173 Å². The number of aromatic hydroxyl groups is 2. The summed E-state index contributed by atoms with van der Waals surface area (Å²) in [5.74, 6) is -2.74. The molecule has 0 saturated carbocycles. The number of pyridine rings is 1. The molecule has 17 nitrogen and oxygen atoms in total. The number of β-lactam (4-membered cyclic amide) rings is 1. The van der Waals surface area contributed by atoms with E-state index in [9.17, 15) is 39.0 Å². The molecule has 0 aliphatic carbocycles. The average molecular weight is 1240 g/mol. The van der Waals surface area contributed by atoms with Crippen molar-refractivity contribution in [2.75, 3.05) is 19.7 Å². The zero-order valence-corrected chi connectivity index (χ0v) is 52.3. The molecule has 0 radical (unpaired) electrons. The van der Waals surface area contributed by atoms with Crippen molar-refractivity contribution in [3.8, 4) is 33.8 Å². The summed E-state index contributed by atoms with van der Waals surface area (Å²) in [7, 11) is 0. The summed E-state index contributed by atoms with van der Waals surface area (Å²) in [5.41, 5.74) is 12.1. The van der Waals surface area contributed by atoms with Gasteiger partial charge in [-0.15, -0.1) is 0 Å². The Labute approximate surface area is 536 Å². The molecule has 92 heavy (non-hydrogen) atoms. The fraction of sp³-hybridized carbons (Fsp3) is 0.267.